The lowest BCUT2D eigenvalue weighted by Crippen LogP contribution is -2.08. The van der Waals surface area contributed by atoms with Crippen molar-refractivity contribution < 1.29 is 0 Å². The maximum Gasteiger partial charge on any atom is 0.0496 e. The molecule has 0 aliphatic heterocycles. The molecule has 2 aromatic rings. The third-order valence-corrected chi connectivity index (χ3v) is 3.16. The Morgan fingerprint density at radius 1 is 1.26 bits per heavy atom. The molecule has 0 amide bonds. The van der Waals surface area contributed by atoms with Crippen molar-refractivity contribution in [3.8, 4) is 11.8 Å². The Labute approximate surface area is 120 Å². The van der Waals surface area contributed by atoms with Crippen LogP contribution in [0.3, 0.4) is 0 Å². The van der Waals surface area contributed by atoms with Gasteiger partial charge >= 0.3 is 0 Å². The van der Waals surface area contributed by atoms with Gasteiger partial charge in [-0.2, -0.15) is 0 Å². The van der Waals surface area contributed by atoms with Crippen molar-refractivity contribution in [2.75, 3.05) is 17.8 Å². The van der Waals surface area contributed by atoms with E-state index in [1.54, 1.807) is 36.7 Å². The summed E-state index contributed by atoms with van der Waals surface area (Å²) < 4.78 is 0.680. The fourth-order valence-corrected chi connectivity index (χ4v) is 1.85. The minimum atomic E-state index is 0.475. The molecule has 0 fully saturated rings. The first-order valence-electron chi connectivity index (χ1n) is 5.50. The van der Waals surface area contributed by atoms with Gasteiger partial charge in [0.25, 0.3) is 0 Å². The first-order valence-corrected chi connectivity index (χ1v) is 6.29. The number of nitrogens with two attached hydrogens (primary N) is 1. The molecule has 19 heavy (non-hydrogen) atoms. The number of halogens is 1. The zero-order chi connectivity index (χ0) is 13.8. The van der Waals surface area contributed by atoms with Crippen LogP contribution in [-0.4, -0.2) is 12.0 Å². The Hall–Kier alpha value is -2.03. The summed E-state index contributed by atoms with van der Waals surface area (Å²) in [6.07, 6.45) is 3.33. The Bertz CT molecular complexity index is 645. The van der Waals surface area contributed by atoms with Crippen LogP contribution >= 0.6 is 15.9 Å². The van der Waals surface area contributed by atoms with Crippen molar-refractivity contribution in [1.29, 1.82) is 0 Å². The van der Waals surface area contributed by atoms with Gasteiger partial charge in [0.05, 0.1) is 0 Å². The van der Waals surface area contributed by atoms with Crippen LogP contribution in [0.5, 0.6) is 0 Å². The highest BCUT2D eigenvalue weighted by Crippen LogP contribution is 2.28. The van der Waals surface area contributed by atoms with E-state index in [2.05, 4.69) is 32.8 Å². The summed E-state index contributed by atoms with van der Waals surface area (Å²) in [5.41, 5.74) is 8.26. The molecule has 4 nitrogen and oxygen atoms in total. The van der Waals surface area contributed by atoms with Gasteiger partial charge in [-0.25, -0.2) is 0 Å². The van der Waals surface area contributed by atoms with Crippen molar-refractivity contribution in [3.05, 3.63) is 57.5 Å². The SMILES string of the molecule is CN([O-])c1cc(Br)c(N)cc1C#Cc1ccncc1. The molecule has 0 radical (unpaired) electrons. The van der Waals surface area contributed by atoms with Gasteiger partial charge in [0.15, 0.2) is 0 Å². The van der Waals surface area contributed by atoms with Gasteiger partial charge in [-0.3, -0.25) is 4.98 Å². The number of pyridine rings is 1. The van der Waals surface area contributed by atoms with Gasteiger partial charge in [0, 0.05) is 39.4 Å². The van der Waals surface area contributed by atoms with E-state index < -0.39 is 0 Å². The van der Waals surface area contributed by atoms with E-state index in [1.165, 1.54) is 7.05 Å². The van der Waals surface area contributed by atoms with E-state index in [1.807, 2.05) is 0 Å². The average Bonchev–Trinajstić information content (AvgIpc) is 2.40. The molecule has 0 saturated heterocycles. The molecule has 96 valence electrons. The van der Waals surface area contributed by atoms with Gasteiger partial charge in [-0.05, 0) is 47.2 Å². The summed E-state index contributed by atoms with van der Waals surface area (Å²) in [7, 11) is 1.43. The van der Waals surface area contributed by atoms with Crippen LogP contribution in [0.25, 0.3) is 0 Å². The standard InChI is InChI=1S/C14H11BrN3O/c1-18(19)14-9-12(15)13(16)8-11(14)3-2-10-4-6-17-7-5-10/h4-9H,16H2,1H3/q-1. The third-order valence-electron chi connectivity index (χ3n) is 2.48. The lowest BCUT2D eigenvalue weighted by molar-refractivity contribution is 1.21. The zero-order valence-electron chi connectivity index (χ0n) is 10.2. The smallest absolute Gasteiger partial charge is 0.0496 e. The number of benzene rings is 1. The second-order valence-electron chi connectivity index (χ2n) is 3.87. The topological polar surface area (TPSA) is 65.2 Å². The first-order chi connectivity index (χ1) is 9.08. The predicted octanol–water partition coefficient (Wildman–Crippen LogP) is 2.76. The highest BCUT2D eigenvalue weighted by atomic mass is 79.9. The largest absolute Gasteiger partial charge is 0.758 e. The Kier molecular flexibility index (Phi) is 4.05. The Morgan fingerprint density at radius 3 is 2.58 bits per heavy atom. The molecule has 0 unspecified atom stereocenters. The van der Waals surface area contributed by atoms with Crippen LogP contribution in [0, 0.1) is 17.0 Å². The highest BCUT2D eigenvalue weighted by Gasteiger charge is 2.04. The zero-order valence-corrected chi connectivity index (χ0v) is 11.8. The molecule has 0 aliphatic rings. The van der Waals surface area contributed by atoms with Crippen molar-refractivity contribution in [2.24, 2.45) is 0 Å². The van der Waals surface area contributed by atoms with Crippen molar-refractivity contribution in [3.63, 3.8) is 0 Å². The molecular weight excluding hydrogens is 306 g/mol. The van der Waals surface area contributed by atoms with Crippen LogP contribution in [0.15, 0.2) is 41.1 Å². The molecule has 1 aromatic carbocycles. The molecule has 0 bridgehead atoms. The van der Waals surface area contributed by atoms with Crippen LogP contribution in [-0.2, 0) is 0 Å². The van der Waals surface area contributed by atoms with Gasteiger partial charge in [0.2, 0.25) is 0 Å². The van der Waals surface area contributed by atoms with Gasteiger partial charge in [-0.15, -0.1) is 0 Å². The molecule has 0 atom stereocenters. The number of nitrogens with zero attached hydrogens (tertiary/aromatic N) is 2. The van der Waals surface area contributed by atoms with E-state index in [0.29, 0.717) is 21.4 Å². The summed E-state index contributed by atoms with van der Waals surface area (Å²) >= 11 is 3.30. The van der Waals surface area contributed by atoms with E-state index in [9.17, 15) is 5.21 Å². The number of aromatic nitrogens is 1. The minimum Gasteiger partial charge on any atom is -0.758 e. The Morgan fingerprint density at radius 2 is 1.95 bits per heavy atom. The van der Waals surface area contributed by atoms with Crippen LogP contribution < -0.4 is 10.8 Å². The minimum absolute atomic E-state index is 0.475. The average molecular weight is 317 g/mol. The molecule has 0 saturated carbocycles. The molecule has 5 heteroatoms. The second kappa shape index (κ2) is 5.74. The van der Waals surface area contributed by atoms with Gasteiger partial charge in [-0.1, -0.05) is 11.8 Å². The predicted molar refractivity (Wildman–Crippen MR) is 80.5 cm³/mol. The van der Waals surface area contributed by atoms with E-state index in [4.69, 9.17) is 5.73 Å². The summed E-state index contributed by atoms with van der Waals surface area (Å²) in [5, 5.41) is 12.3. The maximum absolute atomic E-state index is 11.5. The number of rotatable bonds is 1. The lowest BCUT2D eigenvalue weighted by atomic mass is 10.1. The molecule has 0 aliphatic carbocycles. The molecular formula is C14H11BrN3O-. The summed E-state index contributed by atoms with van der Waals surface area (Å²) in [5.74, 6) is 5.94. The van der Waals surface area contributed by atoms with Crippen LogP contribution in [0.4, 0.5) is 11.4 Å². The van der Waals surface area contributed by atoms with Crippen LogP contribution in [0.1, 0.15) is 11.1 Å². The molecule has 2 rings (SSSR count). The quantitative estimate of drug-likeness (QED) is 0.499. The monoisotopic (exact) mass is 316 g/mol. The van der Waals surface area contributed by atoms with E-state index >= 15 is 0 Å². The van der Waals surface area contributed by atoms with Crippen LogP contribution in [0.2, 0.25) is 0 Å². The Balaban J connectivity index is 2.45. The summed E-state index contributed by atoms with van der Waals surface area (Å²) in [6, 6.07) is 6.95. The normalized spacial score (nSPS) is 9.63. The number of hydrogen-bond donors (Lipinski definition) is 1. The van der Waals surface area contributed by atoms with E-state index in [0.717, 1.165) is 10.6 Å². The highest BCUT2D eigenvalue weighted by molar-refractivity contribution is 9.10. The first kappa shape index (κ1) is 13.4. The lowest BCUT2D eigenvalue weighted by Gasteiger charge is -2.26. The van der Waals surface area contributed by atoms with Gasteiger partial charge < -0.3 is 16.0 Å². The molecule has 1 aromatic heterocycles. The molecule has 2 N–H and O–H groups in total. The number of anilines is 2. The number of nitrogen functional groups attached to an aromatic ring is 1. The number of hydrogen-bond acceptors (Lipinski definition) is 4. The van der Waals surface area contributed by atoms with Crippen molar-refractivity contribution >= 4 is 27.3 Å². The summed E-state index contributed by atoms with van der Waals surface area (Å²) in [4.78, 5) is 3.92. The number of hydroxylamine groups is 1. The van der Waals surface area contributed by atoms with Crippen molar-refractivity contribution in [2.45, 2.75) is 0 Å². The molecule has 1 heterocycles. The molecule has 0 spiro atoms. The fourth-order valence-electron chi connectivity index (χ4n) is 1.51. The fraction of sp³-hybridized carbons (Fsp3) is 0.0714. The summed E-state index contributed by atoms with van der Waals surface area (Å²) in [6.45, 7) is 0. The van der Waals surface area contributed by atoms with E-state index in [-0.39, 0.29) is 0 Å². The van der Waals surface area contributed by atoms with Gasteiger partial charge in [0.1, 0.15) is 0 Å². The third kappa shape index (κ3) is 3.25. The van der Waals surface area contributed by atoms with Crippen molar-refractivity contribution in [1.82, 2.24) is 4.98 Å². The maximum atomic E-state index is 11.5. The second-order valence-corrected chi connectivity index (χ2v) is 4.73.